The van der Waals surface area contributed by atoms with Crippen molar-refractivity contribution in [2.75, 3.05) is 19.0 Å². The predicted molar refractivity (Wildman–Crippen MR) is 89.6 cm³/mol. The molecule has 0 amide bonds. The molecule has 1 atom stereocenters. The van der Waals surface area contributed by atoms with Gasteiger partial charge in [-0.15, -0.1) is 0 Å². The van der Waals surface area contributed by atoms with Crippen LogP contribution in [0.25, 0.3) is 0 Å². The molecule has 0 heterocycles. The third kappa shape index (κ3) is 4.25. The van der Waals surface area contributed by atoms with E-state index in [2.05, 4.69) is 5.32 Å². The van der Waals surface area contributed by atoms with Crippen LogP contribution in [0.2, 0.25) is 10.0 Å². The molecule has 0 aliphatic carbocycles. The SMILES string of the molecule is COc1cc(NCC(O)c2ccc(Cl)cc2Cl)ccc1[N+](=O)[O-]. The summed E-state index contributed by atoms with van der Waals surface area (Å²) >= 11 is 11.9. The Morgan fingerprint density at radius 1 is 1.30 bits per heavy atom. The third-order valence-corrected chi connectivity index (χ3v) is 3.76. The molecular formula is C15H14Cl2N2O4. The van der Waals surface area contributed by atoms with Crippen LogP contribution in [-0.2, 0) is 0 Å². The molecule has 0 aliphatic rings. The summed E-state index contributed by atoms with van der Waals surface area (Å²) < 4.78 is 4.99. The molecule has 0 fully saturated rings. The maximum atomic E-state index is 10.8. The number of nitro benzene ring substituents is 1. The van der Waals surface area contributed by atoms with Crippen molar-refractivity contribution in [1.29, 1.82) is 0 Å². The number of nitrogens with zero attached hydrogens (tertiary/aromatic N) is 1. The highest BCUT2D eigenvalue weighted by atomic mass is 35.5. The van der Waals surface area contributed by atoms with Crippen LogP contribution in [0.4, 0.5) is 11.4 Å². The Morgan fingerprint density at radius 2 is 2.04 bits per heavy atom. The lowest BCUT2D eigenvalue weighted by Crippen LogP contribution is -2.12. The van der Waals surface area contributed by atoms with Crippen LogP contribution in [0, 0.1) is 10.1 Å². The largest absolute Gasteiger partial charge is 0.490 e. The maximum Gasteiger partial charge on any atom is 0.311 e. The van der Waals surface area contributed by atoms with Gasteiger partial charge in [0.1, 0.15) is 0 Å². The van der Waals surface area contributed by atoms with Gasteiger partial charge in [-0.3, -0.25) is 10.1 Å². The second kappa shape index (κ2) is 7.50. The molecule has 122 valence electrons. The fourth-order valence-corrected chi connectivity index (χ4v) is 2.57. The van der Waals surface area contributed by atoms with Crippen molar-refractivity contribution in [3.63, 3.8) is 0 Å². The van der Waals surface area contributed by atoms with E-state index in [9.17, 15) is 15.2 Å². The van der Waals surface area contributed by atoms with Gasteiger partial charge in [0.15, 0.2) is 5.75 Å². The maximum absolute atomic E-state index is 10.8. The fraction of sp³-hybridized carbons (Fsp3) is 0.200. The second-order valence-electron chi connectivity index (χ2n) is 4.71. The van der Waals surface area contributed by atoms with Gasteiger partial charge in [0, 0.05) is 40.0 Å². The number of hydrogen-bond donors (Lipinski definition) is 2. The summed E-state index contributed by atoms with van der Waals surface area (Å²) in [6.07, 6.45) is -0.860. The van der Waals surface area contributed by atoms with Crippen LogP contribution >= 0.6 is 23.2 Å². The summed E-state index contributed by atoms with van der Waals surface area (Å²) in [4.78, 5) is 10.3. The van der Waals surface area contributed by atoms with Crippen molar-refractivity contribution in [3.8, 4) is 5.75 Å². The van der Waals surface area contributed by atoms with E-state index in [4.69, 9.17) is 27.9 Å². The number of hydrogen-bond acceptors (Lipinski definition) is 5. The first kappa shape index (κ1) is 17.3. The molecule has 2 aromatic carbocycles. The lowest BCUT2D eigenvalue weighted by atomic mass is 10.1. The van der Waals surface area contributed by atoms with Gasteiger partial charge in [-0.25, -0.2) is 0 Å². The molecule has 8 heteroatoms. The van der Waals surface area contributed by atoms with Gasteiger partial charge in [0.25, 0.3) is 0 Å². The molecular weight excluding hydrogens is 343 g/mol. The molecule has 0 spiro atoms. The summed E-state index contributed by atoms with van der Waals surface area (Å²) in [5.74, 6) is 0.138. The molecule has 0 saturated heterocycles. The number of nitro groups is 1. The Balaban J connectivity index is 2.09. The number of methoxy groups -OCH3 is 1. The van der Waals surface area contributed by atoms with Gasteiger partial charge in [-0.05, 0) is 18.2 Å². The molecule has 0 saturated carbocycles. The van der Waals surface area contributed by atoms with Crippen LogP contribution in [0.1, 0.15) is 11.7 Å². The second-order valence-corrected chi connectivity index (χ2v) is 5.55. The third-order valence-electron chi connectivity index (χ3n) is 3.20. The zero-order valence-electron chi connectivity index (χ0n) is 12.1. The smallest absolute Gasteiger partial charge is 0.311 e. The number of aliphatic hydroxyl groups excluding tert-OH is 1. The van der Waals surface area contributed by atoms with Crippen LogP contribution < -0.4 is 10.1 Å². The Kier molecular flexibility index (Phi) is 5.65. The first-order valence-electron chi connectivity index (χ1n) is 6.61. The number of nitrogens with one attached hydrogen (secondary N) is 1. The minimum Gasteiger partial charge on any atom is -0.490 e. The van der Waals surface area contributed by atoms with Crippen molar-refractivity contribution in [3.05, 3.63) is 62.1 Å². The average molecular weight is 357 g/mol. The topological polar surface area (TPSA) is 84.6 Å². The van der Waals surface area contributed by atoms with Crippen LogP contribution in [-0.4, -0.2) is 23.7 Å². The first-order valence-corrected chi connectivity index (χ1v) is 7.37. The molecule has 2 rings (SSSR count). The summed E-state index contributed by atoms with van der Waals surface area (Å²) in [6, 6.07) is 9.21. The Bertz CT molecular complexity index is 725. The van der Waals surface area contributed by atoms with E-state index in [1.54, 1.807) is 18.2 Å². The minimum atomic E-state index is -0.860. The Labute approximate surface area is 142 Å². The molecule has 1 unspecified atom stereocenters. The van der Waals surface area contributed by atoms with E-state index < -0.39 is 11.0 Å². The summed E-state index contributed by atoms with van der Waals surface area (Å²) in [5, 5.41) is 24.9. The first-order chi connectivity index (χ1) is 10.9. The molecule has 0 radical (unpaired) electrons. The van der Waals surface area contributed by atoms with E-state index in [1.165, 1.54) is 25.3 Å². The van der Waals surface area contributed by atoms with Crippen molar-refractivity contribution < 1.29 is 14.8 Å². The van der Waals surface area contributed by atoms with Gasteiger partial charge in [-0.1, -0.05) is 29.3 Å². The van der Waals surface area contributed by atoms with E-state index in [0.29, 0.717) is 21.3 Å². The molecule has 2 aromatic rings. The predicted octanol–water partition coefficient (Wildman–Crippen LogP) is 4.06. The number of anilines is 1. The average Bonchev–Trinajstić information content (AvgIpc) is 2.52. The van der Waals surface area contributed by atoms with E-state index in [-0.39, 0.29) is 18.0 Å². The lowest BCUT2D eigenvalue weighted by molar-refractivity contribution is -0.385. The highest BCUT2D eigenvalue weighted by molar-refractivity contribution is 6.35. The number of aliphatic hydroxyl groups is 1. The van der Waals surface area contributed by atoms with Gasteiger partial charge >= 0.3 is 5.69 Å². The molecule has 0 aliphatic heterocycles. The fourth-order valence-electron chi connectivity index (χ4n) is 2.03. The summed E-state index contributed by atoms with van der Waals surface area (Å²) in [6.45, 7) is 0.169. The molecule has 0 aromatic heterocycles. The van der Waals surface area contributed by atoms with Crippen molar-refractivity contribution in [2.45, 2.75) is 6.10 Å². The minimum absolute atomic E-state index is 0.126. The molecule has 0 bridgehead atoms. The van der Waals surface area contributed by atoms with Crippen molar-refractivity contribution in [1.82, 2.24) is 0 Å². The molecule has 6 nitrogen and oxygen atoms in total. The summed E-state index contributed by atoms with van der Waals surface area (Å²) in [7, 11) is 1.36. The number of rotatable bonds is 6. The summed E-state index contributed by atoms with van der Waals surface area (Å²) in [5.41, 5.74) is 0.994. The van der Waals surface area contributed by atoms with Gasteiger partial charge in [0.2, 0.25) is 0 Å². The Morgan fingerprint density at radius 3 is 2.65 bits per heavy atom. The van der Waals surface area contributed by atoms with E-state index >= 15 is 0 Å². The molecule has 23 heavy (non-hydrogen) atoms. The van der Waals surface area contributed by atoms with Gasteiger partial charge < -0.3 is 15.2 Å². The van der Waals surface area contributed by atoms with Crippen LogP contribution in [0.5, 0.6) is 5.75 Å². The Hall–Kier alpha value is -2.02. The standard InChI is InChI=1S/C15H14Cl2N2O4/c1-23-15-7-10(3-5-13(15)19(21)22)18-8-14(20)11-4-2-9(16)6-12(11)17/h2-7,14,18,20H,8H2,1H3. The van der Waals surface area contributed by atoms with Gasteiger partial charge in [0.05, 0.1) is 18.1 Å². The quantitative estimate of drug-likeness (QED) is 0.602. The lowest BCUT2D eigenvalue weighted by Gasteiger charge is -2.15. The van der Waals surface area contributed by atoms with Crippen molar-refractivity contribution in [2.24, 2.45) is 0 Å². The zero-order chi connectivity index (χ0) is 17.0. The highest BCUT2D eigenvalue weighted by Crippen LogP contribution is 2.30. The highest BCUT2D eigenvalue weighted by Gasteiger charge is 2.16. The van der Waals surface area contributed by atoms with Crippen LogP contribution in [0.3, 0.4) is 0 Å². The van der Waals surface area contributed by atoms with Crippen LogP contribution in [0.15, 0.2) is 36.4 Å². The van der Waals surface area contributed by atoms with E-state index in [0.717, 1.165) is 0 Å². The number of halogens is 2. The zero-order valence-corrected chi connectivity index (χ0v) is 13.6. The number of benzene rings is 2. The number of ether oxygens (including phenoxy) is 1. The normalized spacial score (nSPS) is 11.8. The molecule has 2 N–H and O–H groups in total. The van der Waals surface area contributed by atoms with E-state index in [1.807, 2.05) is 0 Å². The monoisotopic (exact) mass is 356 g/mol. The van der Waals surface area contributed by atoms with Gasteiger partial charge in [-0.2, -0.15) is 0 Å². The van der Waals surface area contributed by atoms with Crippen molar-refractivity contribution >= 4 is 34.6 Å².